The zero-order valence-electron chi connectivity index (χ0n) is 27.2. The van der Waals surface area contributed by atoms with Crippen LogP contribution in [0.2, 0.25) is 0 Å². The number of fused-ring (bicyclic) bond motifs is 3. The predicted octanol–water partition coefficient (Wildman–Crippen LogP) is 1.33. The normalized spacial score (nSPS) is 29.9. The number of carbonyl (C=O) groups excluding carboxylic acids is 6. The summed E-state index contributed by atoms with van der Waals surface area (Å²) in [5.41, 5.74) is -0.117. The predicted molar refractivity (Wildman–Crippen MR) is 168 cm³/mol. The van der Waals surface area contributed by atoms with E-state index < -0.39 is 75.2 Å². The second-order valence-electron chi connectivity index (χ2n) is 13.5. The summed E-state index contributed by atoms with van der Waals surface area (Å²) in [6.45, 7) is 3.10. The van der Waals surface area contributed by atoms with E-state index in [1.807, 2.05) is 0 Å². The van der Waals surface area contributed by atoms with E-state index in [1.54, 1.807) is 38.1 Å². The number of rotatable bonds is 6. The number of methoxy groups -OCH3 is 1. The summed E-state index contributed by atoms with van der Waals surface area (Å²) < 4.78 is 10.4. The lowest BCUT2D eigenvalue weighted by atomic mass is 9.42. The molecule has 14 nitrogen and oxygen atoms in total. The minimum absolute atomic E-state index is 0.0234. The number of benzene rings is 2. The van der Waals surface area contributed by atoms with Crippen LogP contribution in [0.4, 0.5) is 16.2 Å². The van der Waals surface area contributed by atoms with Crippen molar-refractivity contribution in [2.75, 3.05) is 45.5 Å². The van der Waals surface area contributed by atoms with Gasteiger partial charge < -0.3 is 30.3 Å². The maximum atomic E-state index is 14.5. The molecule has 0 heterocycles. The highest BCUT2D eigenvalue weighted by Gasteiger charge is 2.76. The Labute approximate surface area is 270 Å². The van der Waals surface area contributed by atoms with Crippen LogP contribution in [0.1, 0.15) is 36.2 Å². The Morgan fingerprint density at radius 3 is 2.13 bits per heavy atom. The maximum Gasteiger partial charge on any atom is 0.417 e. The largest absolute Gasteiger partial charge is 0.505 e. The van der Waals surface area contributed by atoms with E-state index in [0.29, 0.717) is 17.0 Å². The average molecular weight is 651 g/mol. The molecule has 2 aromatic carbocycles. The summed E-state index contributed by atoms with van der Waals surface area (Å²) in [5, 5.41) is 26.0. The number of aromatic hydroxyl groups is 1. The lowest BCUT2D eigenvalue weighted by Crippen LogP contribution is -2.79. The van der Waals surface area contributed by atoms with E-state index in [1.165, 1.54) is 51.2 Å². The van der Waals surface area contributed by atoms with Gasteiger partial charge in [-0.15, -0.1) is 0 Å². The average Bonchev–Trinajstić information content (AvgIpc) is 2.96. The first-order chi connectivity index (χ1) is 21.8. The highest BCUT2D eigenvalue weighted by atomic mass is 16.6. The molecule has 2 amide bonds. The zero-order chi connectivity index (χ0) is 35.0. The van der Waals surface area contributed by atoms with Crippen molar-refractivity contribution in [3.63, 3.8) is 0 Å². The lowest BCUT2D eigenvalue weighted by Gasteiger charge is -2.61. The van der Waals surface area contributed by atoms with E-state index in [9.17, 15) is 39.0 Å². The number of primary amides is 1. The van der Waals surface area contributed by atoms with Crippen molar-refractivity contribution in [3.05, 3.63) is 41.5 Å². The van der Waals surface area contributed by atoms with Gasteiger partial charge in [0.05, 0.1) is 30.3 Å². The second-order valence-corrected chi connectivity index (χ2v) is 13.5. The second kappa shape index (κ2) is 11.2. The molecule has 2 unspecified atom stereocenters. The number of phenolic OH excluding ortho intramolecular Hbond substituents is 1. The Balaban J connectivity index is 1.62. The van der Waals surface area contributed by atoms with Gasteiger partial charge in [0.1, 0.15) is 17.2 Å². The number of likely N-dealkylation sites (N-methyl/N-ethyl adjacent to an activating group) is 1. The van der Waals surface area contributed by atoms with Gasteiger partial charge in [0.2, 0.25) is 5.91 Å². The van der Waals surface area contributed by atoms with Gasteiger partial charge >= 0.3 is 6.09 Å². The van der Waals surface area contributed by atoms with E-state index in [2.05, 4.69) is 5.32 Å². The number of ether oxygens (including phenoxy) is 2. The Morgan fingerprint density at radius 2 is 1.60 bits per heavy atom. The number of hydrogen-bond donors (Lipinski definition) is 4. The molecular formula is C33H38N4O10. The molecular weight excluding hydrogens is 612 g/mol. The number of carbonyl (C=O) groups is 6. The van der Waals surface area contributed by atoms with Gasteiger partial charge in [-0.3, -0.25) is 34.2 Å². The third kappa shape index (κ3) is 4.76. The molecule has 0 spiro atoms. The number of nitrogens with two attached hydrogens (primary N) is 1. The van der Waals surface area contributed by atoms with Crippen LogP contribution in [-0.2, 0) is 25.6 Å². The van der Waals surface area contributed by atoms with Gasteiger partial charge in [0.15, 0.2) is 34.7 Å². The SMILES string of the molecule is COc1ccc(OC(=O)Nc2cc(N(C)C)c3c(c2O)C(=O)C2C(=O)[C@]4(O)C(=O)C(C(N)=O)C(=O)[C@@H](N(C)C)[C@]4(C)C[C@]2(C)C3)cc1. The first-order valence-electron chi connectivity index (χ1n) is 14.9. The number of ketones is 4. The molecule has 0 saturated heterocycles. The molecule has 0 radical (unpaired) electrons. The first-order valence-corrected chi connectivity index (χ1v) is 14.9. The molecule has 2 aromatic rings. The summed E-state index contributed by atoms with van der Waals surface area (Å²) in [6, 6.07) is 6.36. The quantitative estimate of drug-likeness (QED) is 0.258. The fourth-order valence-electron chi connectivity index (χ4n) is 8.15. The number of Topliss-reactive ketones (excluding diaryl/α,β-unsaturated/α-hetero) is 4. The number of nitrogens with one attached hydrogen (secondary N) is 1. The van der Waals surface area contributed by atoms with Crippen LogP contribution < -0.4 is 25.4 Å². The van der Waals surface area contributed by atoms with Gasteiger partial charge in [-0.2, -0.15) is 0 Å². The summed E-state index contributed by atoms with van der Waals surface area (Å²) in [6.07, 6.45) is -1.10. The molecule has 14 heteroatoms. The highest BCUT2D eigenvalue weighted by Crippen LogP contribution is 2.62. The van der Waals surface area contributed by atoms with Crippen molar-refractivity contribution in [2.24, 2.45) is 28.4 Å². The van der Waals surface area contributed by atoms with Crippen molar-refractivity contribution >= 4 is 46.5 Å². The molecule has 5 rings (SSSR count). The van der Waals surface area contributed by atoms with Crippen LogP contribution in [0.25, 0.3) is 0 Å². The standard InChI is InChI=1S/C33H38N4O10/c1-31-13-17-19(36(3)4)12-18(35-30(44)47-16-10-8-15(46-7)9-11-16)23(38)20(17)24(39)22(31)28(42)33(45)27(41)21(29(34)43)25(40)26(37(5)6)32(33,2)14-31/h8-12,21-22,26,38,45H,13-14H2,1-7H3,(H2,34,43)(H,35,44)/t21?,22?,26-,31+,32+,33-/m1/s1. The summed E-state index contributed by atoms with van der Waals surface area (Å²) in [4.78, 5) is 84.6. The van der Waals surface area contributed by atoms with Crippen molar-refractivity contribution in [3.8, 4) is 17.2 Å². The number of hydrogen-bond acceptors (Lipinski definition) is 12. The molecule has 3 aliphatic rings. The molecule has 5 N–H and O–H groups in total. The third-order valence-electron chi connectivity index (χ3n) is 9.95. The van der Waals surface area contributed by atoms with Crippen LogP contribution in [0, 0.1) is 22.7 Å². The number of anilines is 2. The number of aliphatic hydroxyl groups is 1. The molecule has 0 aliphatic heterocycles. The molecule has 0 bridgehead atoms. The number of nitrogens with zero attached hydrogens (tertiary/aromatic N) is 2. The van der Waals surface area contributed by atoms with Crippen LogP contribution in [0.3, 0.4) is 0 Å². The number of phenols is 1. The van der Waals surface area contributed by atoms with Crippen LogP contribution in [0.15, 0.2) is 30.3 Å². The smallest absolute Gasteiger partial charge is 0.417 e. The van der Waals surface area contributed by atoms with E-state index in [0.717, 1.165) is 0 Å². The Kier molecular flexibility index (Phi) is 7.96. The van der Waals surface area contributed by atoms with Crippen LogP contribution >= 0.6 is 0 Å². The first kappa shape index (κ1) is 33.5. The van der Waals surface area contributed by atoms with Gasteiger partial charge in [-0.1, -0.05) is 13.8 Å². The van der Waals surface area contributed by atoms with E-state index in [-0.39, 0.29) is 29.8 Å². The minimum Gasteiger partial charge on any atom is -0.505 e. The van der Waals surface area contributed by atoms with Gasteiger partial charge in [-0.25, -0.2) is 4.79 Å². The molecule has 6 atom stereocenters. The number of amides is 2. The molecule has 2 fully saturated rings. The molecule has 0 aromatic heterocycles. The summed E-state index contributed by atoms with van der Waals surface area (Å²) in [7, 11) is 7.93. The monoisotopic (exact) mass is 650 g/mol. The van der Waals surface area contributed by atoms with Crippen molar-refractivity contribution in [2.45, 2.75) is 38.3 Å². The van der Waals surface area contributed by atoms with Crippen LogP contribution in [0.5, 0.6) is 17.2 Å². The van der Waals surface area contributed by atoms with Gasteiger partial charge in [0.25, 0.3) is 0 Å². The summed E-state index contributed by atoms with van der Waals surface area (Å²) >= 11 is 0. The fourth-order valence-corrected chi connectivity index (χ4v) is 8.15. The van der Waals surface area contributed by atoms with E-state index >= 15 is 0 Å². The molecule has 250 valence electrons. The van der Waals surface area contributed by atoms with Gasteiger partial charge in [-0.05, 0) is 68.2 Å². The van der Waals surface area contributed by atoms with Crippen molar-refractivity contribution in [1.29, 1.82) is 0 Å². The molecule has 47 heavy (non-hydrogen) atoms. The minimum atomic E-state index is -2.93. The Bertz CT molecular complexity index is 1740. The fraction of sp³-hybridized carbons (Fsp3) is 0.455. The van der Waals surface area contributed by atoms with Gasteiger partial charge in [0, 0.05) is 25.2 Å². The van der Waals surface area contributed by atoms with E-state index in [4.69, 9.17) is 15.2 Å². The maximum absolute atomic E-state index is 14.5. The Hall–Kier alpha value is -4.82. The lowest BCUT2D eigenvalue weighted by molar-refractivity contribution is -0.203. The van der Waals surface area contributed by atoms with Crippen LogP contribution in [-0.4, -0.2) is 97.2 Å². The summed E-state index contributed by atoms with van der Waals surface area (Å²) in [5.74, 6) is -9.24. The topological polar surface area (TPSA) is 206 Å². The highest BCUT2D eigenvalue weighted by molar-refractivity contribution is 6.33. The van der Waals surface area contributed by atoms with Crippen molar-refractivity contribution in [1.82, 2.24) is 4.90 Å². The van der Waals surface area contributed by atoms with Crippen molar-refractivity contribution < 1.29 is 48.5 Å². The Morgan fingerprint density at radius 1 is 1.00 bits per heavy atom. The zero-order valence-corrected chi connectivity index (χ0v) is 27.2. The molecule has 2 saturated carbocycles. The molecule has 3 aliphatic carbocycles. The third-order valence-corrected chi connectivity index (χ3v) is 9.95.